The van der Waals surface area contributed by atoms with Gasteiger partial charge in [0.25, 0.3) is 5.91 Å². The summed E-state index contributed by atoms with van der Waals surface area (Å²) in [6, 6.07) is 7.81. The molecule has 5 heterocycles. The Kier molecular flexibility index (Phi) is 4.95. The standard InChI is InChI=1S/C21H24N6O2/c28-21(26-8-10-29-11-9-26)18-3-4-19-23-24-20(27(19)15-18)17-5-7-25(14-17)13-16-2-1-6-22-12-16/h1-4,6,12,15,17H,5,7-11,13-14H2. The van der Waals surface area contributed by atoms with E-state index in [2.05, 4.69) is 26.1 Å². The molecule has 2 saturated heterocycles. The number of pyridine rings is 2. The molecule has 0 spiro atoms. The van der Waals surface area contributed by atoms with E-state index in [1.807, 2.05) is 39.9 Å². The highest BCUT2D eigenvalue weighted by atomic mass is 16.5. The Morgan fingerprint density at radius 1 is 1.14 bits per heavy atom. The molecule has 2 fully saturated rings. The normalized spacial score (nSPS) is 20.4. The third-order valence-corrected chi connectivity index (χ3v) is 5.74. The predicted octanol–water partition coefficient (Wildman–Crippen LogP) is 1.59. The minimum atomic E-state index is 0.0412. The highest BCUT2D eigenvalue weighted by Gasteiger charge is 2.28. The van der Waals surface area contributed by atoms with Gasteiger partial charge in [-0.25, -0.2) is 0 Å². The molecule has 8 nitrogen and oxygen atoms in total. The summed E-state index contributed by atoms with van der Waals surface area (Å²) in [7, 11) is 0. The number of fused-ring (bicyclic) bond motifs is 1. The molecule has 2 aliphatic rings. The van der Waals surface area contributed by atoms with E-state index in [9.17, 15) is 4.79 Å². The quantitative estimate of drug-likeness (QED) is 0.671. The number of nitrogens with zero attached hydrogens (tertiary/aromatic N) is 6. The Morgan fingerprint density at radius 2 is 2.03 bits per heavy atom. The van der Waals surface area contributed by atoms with Crippen molar-refractivity contribution in [3.05, 3.63) is 59.8 Å². The second-order valence-corrected chi connectivity index (χ2v) is 7.69. The molecule has 3 aromatic heterocycles. The van der Waals surface area contributed by atoms with Crippen molar-refractivity contribution in [2.24, 2.45) is 0 Å². The fourth-order valence-corrected chi connectivity index (χ4v) is 4.20. The monoisotopic (exact) mass is 392 g/mol. The van der Waals surface area contributed by atoms with Crippen LogP contribution >= 0.6 is 0 Å². The van der Waals surface area contributed by atoms with E-state index in [-0.39, 0.29) is 5.91 Å². The fraction of sp³-hybridized carbons (Fsp3) is 0.429. The van der Waals surface area contributed by atoms with Crippen LogP contribution in [0, 0.1) is 0 Å². The fourth-order valence-electron chi connectivity index (χ4n) is 4.20. The van der Waals surface area contributed by atoms with Gasteiger partial charge in [-0.2, -0.15) is 0 Å². The molecular weight excluding hydrogens is 368 g/mol. The van der Waals surface area contributed by atoms with Crippen LogP contribution in [0.3, 0.4) is 0 Å². The zero-order chi connectivity index (χ0) is 19.6. The smallest absolute Gasteiger partial charge is 0.255 e. The van der Waals surface area contributed by atoms with Gasteiger partial charge in [0.15, 0.2) is 5.65 Å². The van der Waals surface area contributed by atoms with Crippen molar-refractivity contribution >= 4 is 11.6 Å². The van der Waals surface area contributed by atoms with E-state index in [1.165, 1.54) is 5.56 Å². The highest BCUT2D eigenvalue weighted by molar-refractivity contribution is 5.94. The molecule has 0 saturated carbocycles. The van der Waals surface area contributed by atoms with Crippen molar-refractivity contribution in [2.75, 3.05) is 39.4 Å². The van der Waals surface area contributed by atoms with E-state index in [1.54, 1.807) is 6.20 Å². The maximum Gasteiger partial charge on any atom is 0.255 e. The molecule has 0 aromatic carbocycles. The van der Waals surface area contributed by atoms with E-state index in [4.69, 9.17) is 4.74 Å². The van der Waals surface area contributed by atoms with Crippen LogP contribution in [-0.2, 0) is 11.3 Å². The van der Waals surface area contributed by atoms with Crippen LogP contribution in [0.25, 0.3) is 5.65 Å². The number of ether oxygens (including phenoxy) is 1. The lowest BCUT2D eigenvalue weighted by Crippen LogP contribution is -2.40. The zero-order valence-electron chi connectivity index (χ0n) is 16.3. The number of carbonyl (C=O) groups excluding carboxylic acids is 1. The lowest BCUT2D eigenvalue weighted by atomic mass is 10.1. The number of rotatable bonds is 4. The summed E-state index contributed by atoms with van der Waals surface area (Å²) in [6.45, 7) is 5.30. The maximum atomic E-state index is 12.9. The van der Waals surface area contributed by atoms with Crippen LogP contribution in [0.4, 0.5) is 0 Å². The van der Waals surface area contributed by atoms with Gasteiger partial charge in [-0.3, -0.25) is 19.1 Å². The van der Waals surface area contributed by atoms with E-state index < -0.39 is 0 Å². The Balaban J connectivity index is 1.34. The maximum absolute atomic E-state index is 12.9. The predicted molar refractivity (Wildman–Crippen MR) is 107 cm³/mol. The van der Waals surface area contributed by atoms with Gasteiger partial charge in [0, 0.05) is 50.7 Å². The Morgan fingerprint density at radius 3 is 2.86 bits per heavy atom. The van der Waals surface area contributed by atoms with Crippen LogP contribution in [0.15, 0.2) is 42.9 Å². The van der Waals surface area contributed by atoms with Crippen molar-refractivity contribution < 1.29 is 9.53 Å². The van der Waals surface area contributed by atoms with Crippen molar-refractivity contribution in [1.82, 2.24) is 29.4 Å². The number of hydrogen-bond acceptors (Lipinski definition) is 6. The summed E-state index contributed by atoms with van der Waals surface area (Å²) in [5.74, 6) is 1.28. The molecule has 0 radical (unpaired) electrons. The lowest BCUT2D eigenvalue weighted by Gasteiger charge is -2.26. The van der Waals surface area contributed by atoms with Crippen LogP contribution < -0.4 is 0 Å². The first-order valence-corrected chi connectivity index (χ1v) is 10.1. The molecule has 0 N–H and O–H groups in total. The molecule has 29 heavy (non-hydrogen) atoms. The average Bonchev–Trinajstić information content (AvgIpc) is 3.41. The third-order valence-electron chi connectivity index (χ3n) is 5.74. The van der Waals surface area contributed by atoms with Gasteiger partial charge in [-0.1, -0.05) is 6.07 Å². The van der Waals surface area contributed by atoms with E-state index in [0.717, 1.165) is 37.5 Å². The van der Waals surface area contributed by atoms with Crippen LogP contribution in [0.5, 0.6) is 0 Å². The number of aromatic nitrogens is 4. The molecule has 3 aromatic rings. The van der Waals surface area contributed by atoms with Crippen LogP contribution in [-0.4, -0.2) is 74.7 Å². The zero-order valence-corrected chi connectivity index (χ0v) is 16.3. The summed E-state index contributed by atoms with van der Waals surface area (Å²) < 4.78 is 7.35. The summed E-state index contributed by atoms with van der Waals surface area (Å²) in [5, 5.41) is 8.79. The molecule has 0 aliphatic carbocycles. The second kappa shape index (κ2) is 7.88. The first-order chi connectivity index (χ1) is 14.3. The number of hydrogen-bond donors (Lipinski definition) is 0. The van der Waals surface area contributed by atoms with Gasteiger partial charge < -0.3 is 9.64 Å². The van der Waals surface area contributed by atoms with Gasteiger partial charge in [0.05, 0.1) is 18.8 Å². The van der Waals surface area contributed by atoms with Gasteiger partial charge >= 0.3 is 0 Å². The van der Waals surface area contributed by atoms with E-state index in [0.29, 0.717) is 37.8 Å². The molecule has 1 atom stereocenters. The molecule has 8 heteroatoms. The molecule has 5 rings (SSSR count). The minimum absolute atomic E-state index is 0.0412. The van der Waals surface area contributed by atoms with Crippen LogP contribution in [0.2, 0.25) is 0 Å². The SMILES string of the molecule is O=C(c1ccc2nnc(C3CCN(Cc4cccnc4)C3)n2c1)N1CCOCC1. The Hall–Kier alpha value is -2.84. The molecule has 2 aliphatic heterocycles. The number of carbonyl (C=O) groups is 1. The Bertz CT molecular complexity index is 999. The third kappa shape index (κ3) is 3.73. The van der Waals surface area contributed by atoms with Gasteiger partial charge in [-0.05, 0) is 36.7 Å². The topological polar surface area (TPSA) is 75.9 Å². The molecule has 0 bridgehead atoms. The Labute approximate surface area is 169 Å². The van der Waals surface area contributed by atoms with E-state index >= 15 is 0 Å². The first kappa shape index (κ1) is 18.2. The molecule has 150 valence electrons. The molecular formula is C21H24N6O2. The van der Waals surface area contributed by atoms with Gasteiger partial charge in [0.1, 0.15) is 5.82 Å². The van der Waals surface area contributed by atoms with Crippen molar-refractivity contribution in [3.8, 4) is 0 Å². The number of morpholine rings is 1. The second-order valence-electron chi connectivity index (χ2n) is 7.69. The molecule has 1 amide bonds. The molecule has 1 unspecified atom stereocenters. The first-order valence-electron chi connectivity index (χ1n) is 10.1. The van der Waals surface area contributed by atoms with Crippen molar-refractivity contribution in [1.29, 1.82) is 0 Å². The number of amides is 1. The largest absolute Gasteiger partial charge is 0.378 e. The average molecular weight is 392 g/mol. The highest BCUT2D eigenvalue weighted by Crippen LogP contribution is 2.27. The van der Waals surface area contributed by atoms with Crippen LogP contribution in [0.1, 0.15) is 34.1 Å². The summed E-state index contributed by atoms with van der Waals surface area (Å²) in [6.07, 6.45) is 6.65. The summed E-state index contributed by atoms with van der Waals surface area (Å²) >= 11 is 0. The minimum Gasteiger partial charge on any atom is -0.378 e. The van der Waals surface area contributed by atoms with Crippen molar-refractivity contribution in [2.45, 2.75) is 18.9 Å². The van der Waals surface area contributed by atoms with Crippen molar-refractivity contribution in [3.63, 3.8) is 0 Å². The summed E-state index contributed by atoms with van der Waals surface area (Å²) in [4.78, 5) is 21.3. The lowest BCUT2D eigenvalue weighted by molar-refractivity contribution is 0.0302. The number of likely N-dealkylation sites (tertiary alicyclic amines) is 1. The van der Waals surface area contributed by atoms with Gasteiger partial charge in [0.2, 0.25) is 0 Å². The van der Waals surface area contributed by atoms with Gasteiger partial charge in [-0.15, -0.1) is 10.2 Å². The summed E-state index contributed by atoms with van der Waals surface area (Å²) in [5.41, 5.74) is 2.67.